The summed E-state index contributed by atoms with van der Waals surface area (Å²) in [4.78, 5) is 11.8. The number of alkyl halides is 1. The maximum Gasteiger partial charge on any atom is 0.224 e. The van der Waals surface area contributed by atoms with Crippen molar-refractivity contribution in [2.75, 3.05) is 17.8 Å². The molecule has 0 fully saturated rings. The molecular weight excluding hydrogens is 353 g/mol. The van der Waals surface area contributed by atoms with E-state index >= 15 is 0 Å². The minimum Gasteiger partial charge on any atom is -0.491 e. The molecule has 1 rings (SSSR count). The molecule has 0 saturated carbocycles. The van der Waals surface area contributed by atoms with Crippen molar-refractivity contribution in [3.8, 4) is 5.75 Å². The molecule has 0 saturated heterocycles. The van der Waals surface area contributed by atoms with E-state index in [0.717, 1.165) is 17.3 Å². The lowest BCUT2D eigenvalue weighted by Gasteiger charge is -2.13. The largest absolute Gasteiger partial charge is 0.491 e. The molecule has 0 heterocycles. The molecule has 0 bridgehead atoms. The molecule has 0 aliphatic heterocycles. The van der Waals surface area contributed by atoms with Gasteiger partial charge in [-0.3, -0.25) is 4.79 Å². The van der Waals surface area contributed by atoms with Gasteiger partial charge in [0.2, 0.25) is 5.91 Å². The van der Waals surface area contributed by atoms with Gasteiger partial charge in [0.25, 0.3) is 0 Å². The molecule has 1 amide bonds. The summed E-state index contributed by atoms with van der Waals surface area (Å²) < 4.78 is 6.23. The maximum atomic E-state index is 11.8. The highest BCUT2D eigenvalue weighted by atomic mass is 79.9. The van der Waals surface area contributed by atoms with Crippen LogP contribution in [0.5, 0.6) is 5.75 Å². The van der Waals surface area contributed by atoms with Gasteiger partial charge in [0.1, 0.15) is 0 Å². The standard InChI is InChI=1S/C13H16BrCl2NO2/c1-2-19-13-10(14)7-9(16)8-11(13)17-12(18)5-3-4-6-15/h7-8H,2-6H2,1H3,(H,17,18). The van der Waals surface area contributed by atoms with E-state index in [2.05, 4.69) is 21.2 Å². The Morgan fingerprint density at radius 1 is 1.42 bits per heavy atom. The van der Waals surface area contributed by atoms with Crippen molar-refractivity contribution < 1.29 is 9.53 Å². The zero-order valence-corrected chi connectivity index (χ0v) is 13.7. The highest BCUT2D eigenvalue weighted by Gasteiger charge is 2.12. The fourth-order valence-corrected chi connectivity index (χ4v) is 2.65. The topological polar surface area (TPSA) is 38.3 Å². The molecule has 19 heavy (non-hydrogen) atoms. The molecule has 1 N–H and O–H groups in total. The van der Waals surface area contributed by atoms with Gasteiger partial charge in [0.15, 0.2) is 5.75 Å². The van der Waals surface area contributed by atoms with E-state index in [1.165, 1.54) is 0 Å². The molecule has 1 aromatic carbocycles. The number of halogens is 3. The van der Waals surface area contributed by atoms with Crippen molar-refractivity contribution >= 4 is 50.7 Å². The minimum absolute atomic E-state index is 0.0692. The lowest BCUT2D eigenvalue weighted by molar-refractivity contribution is -0.116. The monoisotopic (exact) mass is 367 g/mol. The quantitative estimate of drug-likeness (QED) is 0.551. The number of benzene rings is 1. The van der Waals surface area contributed by atoms with E-state index in [9.17, 15) is 4.79 Å². The van der Waals surface area contributed by atoms with Crippen LogP contribution in [0.1, 0.15) is 26.2 Å². The van der Waals surface area contributed by atoms with Crippen LogP contribution in [0.3, 0.4) is 0 Å². The lowest BCUT2D eigenvalue weighted by atomic mass is 10.2. The van der Waals surface area contributed by atoms with Crippen molar-refractivity contribution in [3.05, 3.63) is 21.6 Å². The van der Waals surface area contributed by atoms with Crippen LogP contribution in [0.2, 0.25) is 5.02 Å². The molecule has 0 aliphatic carbocycles. The Labute approximate surface area is 131 Å². The Hall–Kier alpha value is -0.450. The molecule has 0 aromatic heterocycles. The summed E-state index contributed by atoms with van der Waals surface area (Å²) in [7, 11) is 0. The number of amides is 1. The van der Waals surface area contributed by atoms with Gasteiger partial charge >= 0.3 is 0 Å². The van der Waals surface area contributed by atoms with E-state index in [-0.39, 0.29) is 5.91 Å². The number of rotatable bonds is 7. The van der Waals surface area contributed by atoms with Crippen molar-refractivity contribution in [1.82, 2.24) is 0 Å². The number of anilines is 1. The Morgan fingerprint density at radius 3 is 2.79 bits per heavy atom. The Kier molecular flexibility index (Phi) is 7.57. The zero-order chi connectivity index (χ0) is 14.3. The van der Waals surface area contributed by atoms with Crippen LogP contribution in [-0.2, 0) is 4.79 Å². The van der Waals surface area contributed by atoms with Gasteiger partial charge in [0.05, 0.1) is 16.8 Å². The Balaban J connectivity index is 2.78. The van der Waals surface area contributed by atoms with Gasteiger partial charge in [-0.1, -0.05) is 11.6 Å². The first-order valence-electron chi connectivity index (χ1n) is 6.06. The van der Waals surface area contributed by atoms with Crippen LogP contribution in [0.15, 0.2) is 16.6 Å². The lowest BCUT2D eigenvalue weighted by Crippen LogP contribution is -2.12. The van der Waals surface area contributed by atoms with Crippen LogP contribution in [0, 0.1) is 0 Å². The van der Waals surface area contributed by atoms with Crippen LogP contribution < -0.4 is 10.1 Å². The van der Waals surface area contributed by atoms with E-state index in [1.807, 2.05) is 6.92 Å². The molecule has 3 nitrogen and oxygen atoms in total. The molecule has 0 aliphatic rings. The number of carbonyl (C=O) groups excluding carboxylic acids is 1. The average Bonchev–Trinajstić information content (AvgIpc) is 2.34. The molecule has 0 unspecified atom stereocenters. The predicted molar refractivity (Wildman–Crippen MR) is 83.5 cm³/mol. The molecular formula is C13H16BrCl2NO2. The summed E-state index contributed by atoms with van der Waals surface area (Å²) in [6.07, 6.45) is 2.02. The highest BCUT2D eigenvalue weighted by molar-refractivity contribution is 9.10. The fourth-order valence-electron chi connectivity index (χ4n) is 1.54. The third kappa shape index (κ3) is 5.59. The molecule has 6 heteroatoms. The van der Waals surface area contributed by atoms with Crippen molar-refractivity contribution in [2.24, 2.45) is 0 Å². The van der Waals surface area contributed by atoms with Gasteiger partial charge in [-0.05, 0) is 47.8 Å². The first-order valence-corrected chi connectivity index (χ1v) is 7.76. The van der Waals surface area contributed by atoms with E-state index in [0.29, 0.717) is 35.4 Å². The van der Waals surface area contributed by atoms with E-state index in [4.69, 9.17) is 27.9 Å². The van der Waals surface area contributed by atoms with Crippen LogP contribution >= 0.6 is 39.1 Å². The first kappa shape index (κ1) is 16.6. The molecule has 0 atom stereocenters. The Morgan fingerprint density at radius 2 is 2.16 bits per heavy atom. The van der Waals surface area contributed by atoms with Gasteiger partial charge < -0.3 is 10.1 Å². The SMILES string of the molecule is CCOc1c(Br)cc(Cl)cc1NC(=O)CCCCCl. The van der Waals surface area contributed by atoms with Crippen molar-refractivity contribution in [2.45, 2.75) is 26.2 Å². The summed E-state index contributed by atoms with van der Waals surface area (Å²) in [6, 6.07) is 3.41. The van der Waals surface area contributed by atoms with Crippen molar-refractivity contribution in [1.29, 1.82) is 0 Å². The summed E-state index contributed by atoms with van der Waals surface area (Å²) >= 11 is 14.9. The van der Waals surface area contributed by atoms with Crippen LogP contribution in [0.25, 0.3) is 0 Å². The number of hydrogen-bond donors (Lipinski definition) is 1. The van der Waals surface area contributed by atoms with Gasteiger partial charge in [-0.2, -0.15) is 0 Å². The number of ether oxygens (including phenoxy) is 1. The second-order valence-corrected chi connectivity index (χ2v) is 5.56. The second-order valence-electron chi connectivity index (χ2n) is 3.89. The summed E-state index contributed by atoms with van der Waals surface area (Å²) in [5.74, 6) is 1.10. The number of unbranched alkanes of at least 4 members (excludes halogenated alkanes) is 1. The third-order valence-corrected chi connectivity index (χ3v) is 3.43. The molecule has 0 radical (unpaired) electrons. The van der Waals surface area contributed by atoms with E-state index in [1.54, 1.807) is 12.1 Å². The summed E-state index contributed by atoms with van der Waals surface area (Å²) in [5, 5.41) is 3.35. The summed E-state index contributed by atoms with van der Waals surface area (Å²) in [5.41, 5.74) is 0.581. The predicted octanol–water partition coefficient (Wildman–Crippen LogP) is 4.85. The second kappa shape index (κ2) is 8.67. The van der Waals surface area contributed by atoms with Crippen LogP contribution in [0.4, 0.5) is 5.69 Å². The smallest absolute Gasteiger partial charge is 0.224 e. The first-order chi connectivity index (χ1) is 9.08. The number of hydrogen-bond acceptors (Lipinski definition) is 2. The summed E-state index contributed by atoms with van der Waals surface area (Å²) in [6.45, 7) is 2.39. The van der Waals surface area contributed by atoms with Gasteiger partial charge in [0, 0.05) is 17.3 Å². The van der Waals surface area contributed by atoms with Gasteiger partial charge in [-0.15, -0.1) is 11.6 Å². The van der Waals surface area contributed by atoms with Gasteiger partial charge in [-0.25, -0.2) is 0 Å². The Bertz CT molecular complexity index is 441. The minimum atomic E-state index is -0.0692. The normalized spacial score (nSPS) is 10.3. The highest BCUT2D eigenvalue weighted by Crippen LogP contribution is 2.36. The number of nitrogens with one attached hydrogen (secondary N) is 1. The van der Waals surface area contributed by atoms with Crippen molar-refractivity contribution in [3.63, 3.8) is 0 Å². The maximum absolute atomic E-state index is 11.8. The zero-order valence-electron chi connectivity index (χ0n) is 10.6. The number of carbonyl (C=O) groups is 1. The molecule has 1 aromatic rings. The van der Waals surface area contributed by atoms with E-state index < -0.39 is 0 Å². The fraction of sp³-hybridized carbons (Fsp3) is 0.462. The third-order valence-electron chi connectivity index (χ3n) is 2.36. The van der Waals surface area contributed by atoms with Crippen LogP contribution in [-0.4, -0.2) is 18.4 Å². The molecule has 0 spiro atoms. The molecule has 106 valence electrons. The average molecular weight is 369 g/mol.